The number of rotatable bonds is 6. The van der Waals surface area contributed by atoms with Gasteiger partial charge >= 0.3 is 5.97 Å². The monoisotopic (exact) mass is 381 g/mol. The van der Waals surface area contributed by atoms with E-state index in [9.17, 15) is 9.59 Å². The number of esters is 1. The van der Waals surface area contributed by atoms with E-state index in [1.807, 2.05) is 31.2 Å². The van der Waals surface area contributed by atoms with Crippen LogP contribution in [0.3, 0.4) is 0 Å². The van der Waals surface area contributed by atoms with Gasteiger partial charge in [-0.3, -0.25) is 4.79 Å². The van der Waals surface area contributed by atoms with Crippen LogP contribution in [0.15, 0.2) is 46.3 Å². The molecular formula is C16H16BrNO3S. The third-order valence-electron chi connectivity index (χ3n) is 3.07. The molecule has 1 amide bonds. The fourth-order valence-corrected chi connectivity index (χ4v) is 2.83. The van der Waals surface area contributed by atoms with Crippen LogP contribution in [0.5, 0.6) is 0 Å². The van der Waals surface area contributed by atoms with Crippen molar-refractivity contribution in [3.63, 3.8) is 0 Å². The Hall–Kier alpha value is -1.66. The molecule has 0 aliphatic heterocycles. The second kappa shape index (κ2) is 8.10. The third kappa shape index (κ3) is 4.68. The maximum absolute atomic E-state index is 11.9. The first-order valence-corrected chi connectivity index (χ1v) is 8.53. The van der Waals surface area contributed by atoms with Crippen molar-refractivity contribution in [1.29, 1.82) is 0 Å². The highest BCUT2D eigenvalue weighted by molar-refractivity contribution is 9.10. The average molecular weight is 382 g/mol. The summed E-state index contributed by atoms with van der Waals surface area (Å²) >= 11 is 4.67. The van der Waals surface area contributed by atoms with Gasteiger partial charge in [0.25, 0.3) is 5.91 Å². The summed E-state index contributed by atoms with van der Waals surface area (Å²) in [5.74, 6) is -0.776. The van der Waals surface area contributed by atoms with Crippen molar-refractivity contribution in [3.05, 3.63) is 56.7 Å². The number of amides is 1. The van der Waals surface area contributed by atoms with Crippen molar-refractivity contribution in [2.45, 2.75) is 19.4 Å². The Labute approximate surface area is 141 Å². The minimum absolute atomic E-state index is 0.0963. The molecule has 0 radical (unpaired) electrons. The van der Waals surface area contributed by atoms with Gasteiger partial charge in [0, 0.05) is 4.47 Å². The van der Waals surface area contributed by atoms with Gasteiger partial charge < -0.3 is 10.1 Å². The van der Waals surface area contributed by atoms with Gasteiger partial charge in [-0.15, -0.1) is 11.3 Å². The minimum Gasteiger partial charge on any atom is -0.451 e. The van der Waals surface area contributed by atoms with Crippen LogP contribution in [0.25, 0.3) is 0 Å². The smallest absolute Gasteiger partial charge is 0.348 e. The topological polar surface area (TPSA) is 55.4 Å². The zero-order valence-electron chi connectivity index (χ0n) is 12.0. The lowest BCUT2D eigenvalue weighted by Gasteiger charge is -2.17. The molecule has 0 aliphatic rings. The predicted octanol–water partition coefficient (Wildman–Crippen LogP) is 3.93. The number of carbonyl (C=O) groups is 2. The largest absolute Gasteiger partial charge is 0.451 e. The van der Waals surface area contributed by atoms with E-state index in [1.54, 1.807) is 17.5 Å². The number of nitrogens with one attached hydrogen (secondary N) is 1. The Morgan fingerprint density at radius 1 is 1.27 bits per heavy atom. The highest BCUT2D eigenvalue weighted by Crippen LogP contribution is 2.19. The molecule has 1 aromatic carbocycles. The van der Waals surface area contributed by atoms with E-state index in [0.717, 1.165) is 16.5 Å². The lowest BCUT2D eigenvalue weighted by atomic mass is 10.0. The van der Waals surface area contributed by atoms with Gasteiger partial charge in [-0.25, -0.2) is 4.79 Å². The van der Waals surface area contributed by atoms with Crippen LogP contribution in [0.4, 0.5) is 0 Å². The lowest BCUT2D eigenvalue weighted by Crippen LogP contribution is -2.32. The van der Waals surface area contributed by atoms with E-state index in [1.165, 1.54) is 11.3 Å². The number of ether oxygens (including phenoxy) is 1. The fourth-order valence-electron chi connectivity index (χ4n) is 1.95. The van der Waals surface area contributed by atoms with Crippen LogP contribution in [-0.2, 0) is 9.53 Å². The molecule has 0 bridgehead atoms. The summed E-state index contributed by atoms with van der Waals surface area (Å²) < 4.78 is 5.99. The summed E-state index contributed by atoms with van der Waals surface area (Å²) in [4.78, 5) is 24.1. The van der Waals surface area contributed by atoms with Gasteiger partial charge in [-0.2, -0.15) is 0 Å². The van der Waals surface area contributed by atoms with Crippen LogP contribution in [-0.4, -0.2) is 18.5 Å². The SMILES string of the molecule is CC[C@@H](NC(=O)COC(=O)c1cccs1)c1ccc(Br)cc1. The van der Waals surface area contributed by atoms with Gasteiger partial charge in [0.05, 0.1) is 6.04 Å². The highest BCUT2D eigenvalue weighted by atomic mass is 79.9. The summed E-state index contributed by atoms with van der Waals surface area (Å²) in [5, 5.41) is 4.66. The number of halogens is 1. The van der Waals surface area contributed by atoms with Crippen LogP contribution in [0, 0.1) is 0 Å². The summed E-state index contributed by atoms with van der Waals surface area (Å²) in [6, 6.07) is 11.1. The second-order valence-electron chi connectivity index (χ2n) is 4.63. The molecule has 0 fully saturated rings. The number of thiophene rings is 1. The van der Waals surface area contributed by atoms with Crippen molar-refractivity contribution in [3.8, 4) is 0 Å². The Bertz CT molecular complexity index is 625. The first kappa shape index (κ1) is 16.7. The molecule has 6 heteroatoms. The summed E-state index contributed by atoms with van der Waals surface area (Å²) in [5.41, 5.74) is 1.02. The van der Waals surface area contributed by atoms with Crippen LogP contribution >= 0.6 is 27.3 Å². The number of carbonyl (C=O) groups excluding carboxylic acids is 2. The molecule has 0 saturated carbocycles. The minimum atomic E-state index is -0.471. The summed E-state index contributed by atoms with van der Waals surface area (Å²) in [6.45, 7) is 1.72. The summed E-state index contributed by atoms with van der Waals surface area (Å²) in [6.07, 6.45) is 0.756. The molecule has 2 aromatic rings. The maximum Gasteiger partial charge on any atom is 0.348 e. The molecule has 4 nitrogen and oxygen atoms in total. The summed E-state index contributed by atoms with van der Waals surface area (Å²) in [7, 11) is 0. The van der Waals surface area contributed by atoms with E-state index < -0.39 is 5.97 Å². The van der Waals surface area contributed by atoms with E-state index in [-0.39, 0.29) is 18.6 Å². The zero-order chi connectivity index (χ0) is 15.9. The molecule has 1 atom stereocenters. The average Bonchev–Trinajstić information content (AvgIpc) is 3.05. The fraction of sp³-hybridized carbons (Fsp3) is 0.250. The second-order valence-corrected chi connectivity index (χ2v) is 6.50. The molecular weight excluding hydrogens is 366 g/mol. The lowest BCUT2D eigenvalue weighted by molar-refractivity contribution is -0.125. The predicted molar refractivity (Wildman–Crippen MR) is 89.9 cm³/mol. The van der Waals surface area contributed by atoms with Crippen LogP contribution < -0.4 is 5.32 Å². The van der Waals surface area contributed by atoms with Gasteiger partial charge in [0.15, 0.2) is 6.61 Å². The van der Waals surface area contributed by atoms with Gasteiger partial charge in [-0.1, -0.05) is 41.1 Å². The Kier molecular flexibility index (Phi) is 6.15. The highest BCUT2D eigenvalue weighted by Gasteiger charge is 2.15. The van der Waals surface area contributed by atoms with Crippen molar-refractivity contribution in [2.24, 2.45) is 0 Å². The third-order valence-corrected chi connectivity index (χ3v) is 4.45. The number of hydrogen-bond donors (Lipinski definition) is 1. The Balaban J connectivity index is 1.87. The molecule has 1 aromatic heterocycles. The quantitative estimate of drug-likeness (QED) is 0.771. The molecule has 0 saturated heterocycles. The molecule has 0 spiro atoms. The molecule has 22 heavy (non-hydrogen) atoms. The van der Waals surface area contributed by atoms with Crippen LogP contribution in [0.1, 0.15) is 34.6 Å². The number of hydrogen-bond acceptors (Lipinski definition) is 4. The van der Waals surface area contributed by atoms with E-state index in [0.29, 0.717) is 4.88 Å². The molecule has 0 unspecified atom stereocenters. The van der Waals surface area contributed by atoms with Crippen molar-refractivity contribution in [1.82, 2.24) is 5.32 Å². The molecule has 116 valence electrons. The molecule has 2 rings (SSSR count). The van der Waals surface area contributed by atoms with Crippen molar-refractivity contribution in [2.75, 3.05) is 6.61 Å². The zero-order valence-corrected chi connectivity index (χ0v) is 14.4. The van der Waals surface area contributed by atoms with Crippen molar-refractivity contribution < 1.29 is 14.3 Å². The van der Waals surface area contributed by atoms with Gasteiger partial charge in [0.1, 0.15) is 4.88 Å². The Morgan fingerprint density at radius 3 is 2.59 bits per heavy atom. The van der Waals surface area contributed by atoms with E-state index in [4.69, 9.17) is 4.74 Å². The van der Waals surface area contributed by atoms with E-state index in [2.05, 4.69) is 21.2 Å². The maximum atomic E-state index is 11.9. The molecule has 1 N–H and O–H groups in total. The first-order valence-electron chi connectivity index (χ1n) is 6.85. The van der Waals surface area contributed by atoms with Crippen molar-refractivity contribution >= 4 is 39.1 Å². The standard InChI is InChI=1S/C16H16BrNO3S/c1-2-13(11-5-7-12(17)8-6-11)18-15(19)10-21-16(20)14-4-3-9-22-14/h3-9,13H,2,10H2,1H3,(H,18,19)/t13-/m1/s1. The molecule has 0 aliphatic carbocycles. The normalized spacial score (nSPS) is 11.7. The van der Waals surface area contributed by atoms with Gasteiger partial charge in [-0.05, 0) is 35.6 Å². The Morgan fingerprint density at radius 2 is 2.00 bits per heavy atom. The van der Waals surface area contributed by atoms with Crippen LogP contribution in [0.2, 0.25) is 0 Å². The first-order chi connectivity index (χ1) is 10.6. The van der Waals surface area contributed by atoms with Gasteiger partial charge in [0.2, 0.25) is 0 Å². The molecule has 1 heterocycles. The van der Waals surface area contributed by atoms with E-state index >= 15 is 0 Å². The number of benzene rings is 1.